The lowest BCUT2D eigenvalue weighted by atomic mass is 9.98. The van der Waals surface area contributed by atoms with E-state index in [9.17, 15) is 10.1 Å². The Labute approximate surface area is 154 Å². The van der Waals surface area contributed by atoms with Crippen LogP contribution in [0.2, 0.25) is 5.02 Å². The first-order valence-corrected chi connectivity index (χ1v) is 7.50. The van der Waals surface area contributed by atoms with Crippen LogP contribution in [0.15, 0.2) is 30.9 Å². The second-order valence-corrected chi connectivity index (χ2v) is 5.54. The average Bonchev–Trinajstić information content (AvgIpc) is 2.50. The van der Waals surface area contributed by atoms with Gasteiger partial charge in [0.25, 0.3) is 5.69 Å². The van der Waals surface area contributed by atoms with Crippen molar-refractivity contribution >= 4 is 42.1 Å². The Balaban J connectivity index is 0.00000242. The van der Waals surface area contributed by atoms with E-state index in [4.69, 9.17) is 11.6 Å². The van der Waals surface area contributed by atoms with Crippen LogP contribution < -0.4 is 5.32 Å². The van der Waals surface area contributed by atoms with Crippen LogP contribution in [-0.2, 0) is 0 Å². The SMILES string of the molecule is C=CCC[C@H](c1cc([N+](=O)[O-])ccc1Cl)N1CCNCC1.Cl.Cl. The monoisotopic (exact) mass is 381 g/mol. The maximum atomic E-state index is 11.0. The van der Waals surface area contributed by atoms with Crippen LogP contribution in [-0.4, -0.2) is 36.0 Å². The smallest absolute Gasteiger partial charge is 0.269 e. The molecule has 0 unspecified atom stereocenters. The van der Waals surface area contributed by atoms with Gasteiger partial charge in [-0.05, 0) is 24.5 Å². The Kier molecular flexibility index (Phi) is 10.4. The zero-order valence-corrected chi connectivity index (χ0v) is 15.1. The number of halogens is 3. The highest BCUT2D eigenvalue weighted by Crippen LogP contribution is 2.34. The molecule has 0 aliphatic carbocycles. The largest absolute Gasteiger partial charge is 0.314 e. The van der Waals surface area contributed by atoms with Gasteiger partial charge in [-0.1, -0.05) is 17.7 Å². The zero-order valence-electron chi connectivity index (χ0n) is 12.7. The van der Waals surface area contributed by atoms with Gasteiger partial charge in [-0.3, -0.25) is 15.0 Å². The van der Waals surface area contributed by atoms with Gasteiger partial charge in [-0.2, -0.15) is 0 Å². The molecule has 1 fully saturated rings. The molecule has 1 aromatic carbocycles. The number of nitro benzene ring substituents is 1. The van der Waals surface area contributed by atoms with Crippen LogP contribution in [0.1, 0.15) is 24.4 Å². The Morgan fingerprint density at radius 3 is 2.61 bits per heavy atom. The first-order chi connectivity index (χ1) is 10.1. The summed E-state index contributed by atoms with van der Waals surface area (Å²) in [7, 11) is 0. The van der Waals surface area contributed by atoms with Crippen molar-refractivity contribution in [3.63, 3.8) is 0 Å². The van der Waals surface area contributed by atoms with E-state index < -0.39 is 0 Å². The van der Waals surface area contributed by atoms with Gasteiger partial charge in [0.2, 0.25) is 0 Å². The third kappa shape index (κ3) is 5.94. The lowest BCUT2D eigenvalue weighted by Crippen LogP contribution is -2.45. The van der Waals surface area contributed by atoms with Crippen molar-refractivity contribution in [2.75, 3.05) is 26.2 Å². The molecule has 5 nitrogen and oxygen atoms in total. The van der Waals surface area contributed by atoms with Crippen molar-refractivity contribution in [2.45, 2.75) is 18.9 Å². The molecule has 0 bridgehead atoms. The van der Waals surface area contributed by atoms with E-state index in [1.54, 1.807) is 12.1 Å². The zero-order chi connectivity index (χ0) is 15.2. The molecule has 0 saturated carbocycles. The van der Waals surface area contributed by atoms with Gasteiger partial charge in [0.1, 0.15) is 0 Å². The summed E-state index contributed by atoms with van der Waals surface area (Å²) in [5.41, 5.74) is 0.933. The molecule has 1 aliphatic heterocycles. The van der Waals surface area contributed by atoms with E-state index in [0.717, 1.165) is 44.6 Å². The van der Waals surface area contributed by atoms with Crippen LogP contribution in [0.5, 0.6) is 0 Å². The molecule has 0 radical (unpaired) electrons. The van der Waals surface area contributed by atoms with E-state index in [1.807, 2.05) is 6.08 Å². The number of nitrogens with zero attached hydrogens (tertiary/aromatic N) is 2. The highest BCUT2D eigenvalue weighted by atomic mass is 35.5. The Hall–Kier alpha value is -0.850. The van der Waals surface area contributed by atoms with E-state index in [1.165, 1.54) is 6.07 Å². The Morgan fingerprint density at radius 1 is 1.39 bits per heavy atom. The summed E-state index contributed by atoms with van der Waals surface area (Å²) >= 11 is 6.30. The van der Waals surface area contributed by atoms with Crippen molar-refractivity contribution < 1.29 is 4.92 Å². The first-order valence-electron chi connectivity index (χ1n) is 7.13. The summed E-state index contributed by atoms with van der Waals surface area (Å²) in [5.74, 6) is 0. The normalized spacial score (nSPS) is 15.9. The Bertz CT molecular complexity index is 523. The molecule has 2 rings (SSSR count). The topological polar surface area (TPSA) is 58.4 Å². The van der Waals surface area contributed by atoms with Gasteiger partial charge >= 0.3 is 0 Å². The molecule has 1 aromatic rings. The summed E-state index contributed by atoms with van der Waals surface area (Å²) in [6.45, 7) is 7.46. The highest BCUT2D eigenvalue weighted by Gasteiger charge is 2.25. The van der Waals surface area contributed by atoms with E-state index >= 15 is 0 Å². The summed E-state index contributed by atoms with van der Waals surface area (Å²) < 4.78 is 0. The number of hydrogen-bond acceptors (Lipinski definition) is 4. The van der Waals surface area contributed by atoms with Crippen LogP contribution >= 0.6 is 36.4 Å². The molecule has 23 heavy (non-hydrogen) atoms. The molecule has 130 valence electrons. The number of hydrogen-bond donors (Lipinski definition) is 1. The average molecular weight is 383 g/mol. The predicted octanol–water partition coefficient (Wildman–Crippen LogP) is 4.00. The summed E-state index contributed by atoms with van der Waals surface area (Å²) in [6.07, 6.45) is 3.60. The number of allylic oxidation sites excluding steroid dienone is 1. The van der Waals surface area contributed by atoms with Gasteiger partial charge in [-0.15, -0.1) is 31.4 Å². The number of piperazine rings is 1. The quantitative estimate of drug-likeness (QED) is 0.459. The van der Waals surface area contributed by atoms with Gasteiger partial charge in [0.05, 0.1) is 4.92 Å². The van der Waals surface area contributed by atoms with Crippen molar-refractivity contribution in [1.29, 1.82) is 0 Å². The number of non-ortho nitro benzene ring substituents is 1. The maximum Gasteiger partial charge on any atom is 0.269 e. The molecule has 8 heteroatoms. The van der Waals surface area contributed by atoms with Crippen LogP contribution in [0.25, 0.3) is 0 Å². The fourth-order valence-electron chi connectivity index (χ4n) is 2.70. The molecule has 1 aliphatic rings. The molecule has 1 N–H and O–H groups in total. The molecule has 0 spiro atoms. The molecule has 1 atom stereocenters. The molecule has 0 amide bonds. The van der Waals surface area contributed by atoms with E-state index in [2.05, 4.69) is 16.8 Å². The number of benzene rings is 1. The minimum absolute atomic E-state index is 0. The third-order valence-corrected chi connectivity index (χ3v) is 4.13. The lowest BCUT2D eigenvalue weighted by Gasteiger charge is -2.35. The summed E-state index contributed by atoms with van der Waals surface area (Å²) in [6, 6.07) is 4.78. The van der Waals surface area contributed by atoms with Crippen molar-refractivity contribution in [2.24, 2.45) is 0 Å². The molecule has 1 saturated heterocycles. The fourth-order valence-corrected chi connectivity index (χ4v) is 2.95. The number of nitrogens with one attached hydrogen (secondary N) is 1. The van der Waals surface area contributed by atoms with Crippen LogP contribution in [0.4, 0.5) is 5.69 Å². The highest BCUT2D eigenvalue weighted by molar-refractivity contribution is 6.31. The van der Waals surface area contributed by atoms with Crippen molar-refractivity contribution in [1.82, 2.24) is 10.2 Å². The maximum absolute atomic E-state index is 11.0. The van der Waals surface area contributed by atoms with Crippen LogP contribution in [0, 0.1) is 10.1 Å². The molecule has 0 aromatic heterocycles. The summed E-state index contributed by atoms with van der Waals surface area (Å²) in [5, 5.41) is 14.9. The predicted molar refractivity (Wildman–Crippen MR) is 99.2 cm³/mol. The standard InChI is InChI=1S/C15H20ClN3O2.2ClH/c1-2-3-4-15(18-9-7-17-8-10-18)13-11-12(19(20)21)5-6-14(13)16;;/h2,5-6,11,15,17H,1,3-4,7-10H2;2*1H/t15-;;/m1../s1. The van der Waals surface area contributed by atoms with Crippen molar-refractivity contribution in [3.05, 3.63) is 51.6 Å². The van der Waals surface area contributed by atoms with Crippen molar-refractivity contribution in [3.8, 4) is 0 Å². The Morgan fingerprint density at radius 2 is 2.04 bits per heavy atom. The molecular formula is C15H22Cl3N3O2. The minimum Gasteiger partial charge on any atom is -0.314 e. The van der Waals surface area contributed by atoms with Gasteiger partial charge in [0.15, 0.2) is 0 Å². The molecular weight excluding hydrogens is 361 g/mol. The van der Waals surface area contributed by atoms with Gasteiger partial charge in [-0.25, -0.2) is 0 Å². The van der Waals surface area contributed by atoms with Gasteiger partial charge < -0.3 is 5.32 Å². The number of rotatable bonds is 6. The third-order valence-electron chi connectivity index (χ3n) is 3.79. The fraction of sp³-hybridized carbons (Fsp3) is 0.467. The van der Waals surface area contributed by atoms with E-state index in [0.29, 0.717) is 5.02 Å². The van der Waals surface area contributed by atoms with E-state index in [-0.39, 0.29) is 41.5 Å². The second kappa shape index (κ2) is 10.8. The van der Waals surface area contributed by atoms with Gasteiger partial charge in [0, 0.05) is 49.4 Å². The lowest BCUT2D eigenvalue weighted by molar-refractivity contribution is -0.385. The summed E-state index contributed by atoms with van der Waals surface area (Å²) in [4.78, 5) is 13.0. The minimum atomic E-state index is -0.373. The number of nitro groups is 1. The molecule has 1 heterocycles. The first kappa shape index (κ1) is 22.1. The van der Waals surface area contributed by atoms with Crippen LogP contribution in [0.3, 0.4) is 0 Å². The second-order valence-electron chi connectivity index (χ2n) is 5.13.